The van der Waals surface area contributed by atoms with Gasteiger partial charge in [0.05, 0.1) is 5.92 Å². The van der Waals surface area contributed by atoms with Crippen LogP contribution in [0, 0.1) is 11.8 Å². The maximum atomic E-state index is 11.7. The molecule has 0 fully saturated rings. The third-order valence-corrected chi connectivity index (χ3v) is 4.35. The van der Waals surface area contributed by atoms with Crippen LogP contribution in [0.15, 0.2) is 0 Å². The van der Waals surface area contributed by atoms with E-state index in [1.165, 1.54) is 0 Å². The molecule has 4 N–H and O–H groups in total. The lowest BCUT2D eigenvalue weighted by Crippen LogP contribution is -2.21. The van der Waals surface area contributed by atoms with E-state index in [0.717, 1.165) is 0 Å². The number of carboxylic acid groups (broad SMARTS) is 1. The Kier molecular flexibility index (Phi) is 6.88. The molecule has 2 unspecified atom stereocenters. The van der Waals surface area contributed by atoms with E-state index in [1.54, 1.807) is 0 Å². The van der Waals surface area contributed by atoms with Gasteiger partial charge in [-0.15, -0.1) is 0 Å². The molecule has 0 aromatic carbocycles. The molecular formula is C10H22NO4P. The van der Waals surface area contributed by atoms with Gasteiger partial charge in [-0.3, -0.25) is 9.36 Å². The molecule has 0 amide bonds. The zero-order valence-electron chi connectivity index (χ0n) is 9.93. The van der Waals surface area contributed by atoms with Gasteiger partial charge >= 0.3 is 5.97 Å². The second-order valence-electron chi connectivity index (χ2n) is 4.56. The van der Waals surface area contributed by atoms with Gasteiger partial charge in [0.25, 0.3) is 0 Å². The van der Waals surface area contributed by atoms with E-state index in [-0.39, 0.29) is 18.2 Å². The fourth-order valence-electron chi connectivity index (χ4n) is 1.60. The smallest absolute Gasteiger partial charge is 0.307 e. The fraction of sp³-hybridized carbons (Fsp3) is 0.900. The molecule has 0 saturated heterocycles. The molecule has 0 aliphatic rings. The Morgan fingerprint density at radius 2 is 2.00 bits per heavy atom. The summed E-state index contributed by atoms with van der Waals surface area (Å²) >= 11 is 0. The lowest BCUT2D eigenvalue weighted by Gasteiger charge is -2.18. The van der Waals surface area contributed by atoms with Crippen LogP contribution >= 0.6 is 7.37 Å². The summed E-state index contributed by atoms with van der Waals surface area (Å²) in [6.07, 6.45) is 0.871. The highest BCUT2D eigenvalue weighted by molar-refractivity contribution is 7.58. The molecule has 0 aliphatic heterocycles. The third-order valence-electron chi connectivity index (χ3n) is 2.32. The van der Waals surface area contributed by atoms with Gasteiger partial charge in [0, 0.05) is 12.3 Å². The Labute approximate surface area is 96.5 Å². The minimum atomic E-state index is -3.34. The van der Waals surface area contributed by atoms with Gasteiger partial charge in [-0.2, -0.15) is 0 Å². The number of carbonyl (C=O) groups is 1. The molecule has 0 radical (unpaired) electrons. The summed E-state index contributed by atoms with van der Waals surface area (Å²) in [5, 5.41) is 8.95. The first-order valence-corrected chi connectivity index (χ1v) is 7.55. The van der Waals surface area contributed by atoms with Crippen molar-refractivity contribution in [2.75, 3.05) is 18.9 Å². The molecular weight excluding hydrogens is 229 g/mol. The fourth-order valence-corrected chi connectivity index (χ4v) is 3.45. The molecule has 0 spiro atoms. The van der Waals surface area contributed by atoms with E-state index in [9.17, 15) is 14.3 Å². The van der Waals surface area contributed by atoms with Crippen LogP contribution in [0.4, 0.5) is 0 Å². The number of hydrogen-bond acceptors (Lipinski definition) is 3. The molecule has 2 atom stereocenters. The predicted octanol–water partition coefficient (Wildman–Crippen LogP) is 1.35. The average molecular weight is 251 g/mol. The molecule has 96 valence electrons. The number of nitrogens with two attached hydrogens (primary N) is 1. The molecule has 0 bridgehead atoms. The van der Waals surface area contributed by atoms with Crippen molar-refractivity contribution in [3.8, 4) is 0 Å². The first-order valence-electron chi connectivity index (χ1n) is 5.52. The van der Waals surface area contributed by atoms with Crippen molar-refractivity contribution >= 4 is 13.3 Å². The quantitative estimate of drug-likeness (QED) is 0.565. The summed E-state index contributed by atoms with van der Waals surface area (Å²) in [6.45, 7) is 4.16. The minimum absolute atomic E-state index is 0.116. The van der Waals surface area contributed by atoms with Crippen molar-refractivity contribution in [1.29, 1.82) is 0 Å². The normalized spacial score (nSPS) is 17.1. The van der Waals surface area contributed by atoms with Gasteiger partial charge in [0.15, 0.2) is 0 Å². The van der Waals surface area contributed by atoms with Crippen LogP contribution in [0.2, 0.25) is 0 Å². The minimum Gasteiger partial charge on any atom is -0.481 e. The summed E-state index contributed by atoms with van der Waals surface area (Å²) in [7, 11) is -3.34. The van der Waals surface area contributed by atoms with Gasteiger partial charge in [-0.25, -0.2) is 0 Å². The molecule has 0 rings (SSSR count). The highest BCUT2D eigenvalue weighted by Gasteiger charge is 2.28. The van der Waals surface area contributed by atoms with E-state index in [1.807, 2.05) is 13.8 Å². The summed E-state index contributed by atoms with van der Waals surface area (Å²) in [6, 6.07) is 0. The van der Waals surface area contributed by atoms with E-state index in [0.29, 0.717) is 19.4 Å². The van der Waals surface area contributed by atoms with Crippen molar-refractivity contribution in [3.63, 3.8) is 0 Å². The van der Waals surface area contributed by atoms with Gasteiger partial charge in [0.1, 0.15) is 0 Å². The van der Waals surface area contributed by atoms with Crippen LogP contribution in [-0.2, 0) is 9.36 Å². The first-order chi connectivity index (χ1) is 7.28. The van der Waals surface area contributed by atoms with Crippen LogP contribution in [0.3, 0.4) is 0 Å². The molecule has 16 heavy (non-hydrogen) atoms. The van der Waals surface area contributed by atoms with Crippen molar-refractivity contribution in [3.05, 3.63) is 0 Å². The average Bonchev–Trinajstić information content (AvgIpc) is 2.12. The molecule has 0 saturated carbocycles. The summed E-state index contributed by atoms with van der Waals surface area (Å²) < 4.78 is 11.7. The lowest BCUT2D eigenvalue weighted by atomic mass is 9.99. The van der Waals surface area contributed by atoms with Gasteiger partial charge in [-0.1, -0.05) is 13.8 Å². The standard InChI is InChI=1S/C10H22NO4P/c1-8(2)6-9(10(12)13)7-16(14,15)5-3-4-11/h8-9H,3-7,11H2,1-2H3,(H,12,13)(H,14,15). The maximum absolute atomic E-state index is 11.7. The molecule has 5 nitrogen and oxygen atoms in total. The van der Waals surface area contributed by atoms with Crippen LogP contribution in [0.1, 0.15) is 26.7 Å². The Bertz CT molecular complexity index is 268. The second kappa shape index (κ2) is 7.05. The van der Waals surface area contributed by atoms with E-state index < -0.39 is 19.3 Å². The topological polar surface area (TPSA) is 101 Å². The third kappa shape index (κ3) is 6.99. The Balaban J connectivity index is 4.37. The van der Waals surface area contributed by atoms with Crippen molar-refractivity contribution in [2.45, 2.75) is 26.7 Å². The number of hydrogen-bond donors (Lipinski definition) is 3. The summed E-state index contributed by atoms with van der Waals surface area (Å²) in [4.78, 5) is 20.5. The molecule has 0 aromatic rings. The van der Waals surface area contributed by atoms with Gasteiger partial charge in [-0.05, 0) is 25.3 Å². The predicted molar refractivity (Wildman–Crippen MR) is 63.8 cm³/mol. The lowest BCUT2D eigenvalue weighted by molar-refractivity contribution is -0.141. The van der Waals surface area contributed by atoms with E-state index in [4.69, 9.17) is 10.8 Å². The zero-order valence-corrected chi connectivity index (χ0v) is 10.8. The largest absolute Gasteiger partial charge is 0.481 e. The van der Waals surface area contributed by atoms with Crippen molar-refractivity contribution in [1.82, 2.24) is 0 Å². The number of carboxylic acids is 1. The van der Waals surface area contributed by atoms with Crippen LogP contribution < -0.4 is 5.73 Å². The molecule has 0 heterocycles. The highest BCUT2D eigenvalue weighted by atomic mass is 31.2. The SMILES string of the molecule is CC(C)CC(CP(=O)(O)CCCN)C(=O)O. The van der Waals surface area contributed by atoms with Gasteiger partial charge < -0.3 is 15.7 Å². The zero-order chi connectivity index (χ0) is 12.8. The first kappa shape index (κ1) is 15.6. The molecule has 0 aromatic heterocycles. The maximum Gasteiger partial charge on any atom is 0.307 e. The number of aliphatic carboxylic acids is 1. The van der Waals surface area contributed by atoms with Crippen molar-refractivity contribution in [2.24, 2.45) is 17.6 Å². The molecule has 0 aliphatic carbocycles. The Hall–Kier alpha value is -0.380. The van der Waals surface area contributed by atoms with Crippen LogP contribution in [-0.4, -0.2) is 34.8 Å². The van der Waals surface area contributed by atoms with Gasteiger partial charge in [0.2, 0.25) is 7.37 Å². The summed E-state index contributed by atoms with van der Waals surface area (Å²) in [5.41, 5.74) is 5.26. The Morgan fingerprint density at radius 1 is 1.44 bits per heavy atom. The van der Waals surface area contributed by atoms with Crippen molar-refractivity contribution < 1.29 is 19.4 Å². The van der Waals surface area contributed by atoms with E-state index in [2.05, 4.69) is 0 Å². The van der Waals surface area contributed by atoms with Crippen LogP contribution in [0.25, 0.3) is 0 Å². The number of rotatable bonds is 8. The Morgan fingerprint density at radius 3 is 2.38 bits per heavy atom. The highest BCUT2D eigenvalue weighted by Crippen LogP contribution is 2.44. The second-order valence-corrected chi connectivity index (χ2v) is 7.06. The molecule has 6 heteroatoms. The monoisotopic (exact) mass is 251 g/mol. The summed E-state index contributed by atoms with van der Waals surface area (Å²) in [5.74, 6) is -1.51. The van der Waals surface area contributed by atoms with E-state index >= 15 is 0 Å². The van der Waals surface area contributed by atoms with Crippen LogP contribution in [0.5, 0.6) is 0 Å².